The first-order chi connectivity index (χ1) is 7.95. The molecule has 0 aromatic carbocycles. The summed E-state index contributed by atoms with van der Waals surface area (Å²) in [5.41, 5.74) is 0. The van der Waals surface area contributed by atoms with Gasteiger partial charge in [0.05, 0.1) is 5.75 Å². The molecule has 0 aliphatic carbocycles. The molecule has 6 nitrogen and oxygen atoms in total. The van der Waals surface area contributed by atoms with Crippen LogP contribution in [-0.4, -0.2) is 49.8 Å². The van der Waals surface area contributed by atoms with Crippen molar-refractivity contribution in [1.29, 1.82) is 0 Å². The van der Waals surface area contributed by atoms with Crippen molar-refractivity contribution in [2.75, 3.05) is 32.6 Å². The molecule has 104 valence electrons. The van der Waals surface area contributed by atoms with E-state index >= 15 is 0 Å². The van der Waals surface area contributed by atoms with E-state index in [1.54, 1.807) is 0 Å². The maximum absolute atomic E-state index is 11.4. The van der Waals surface area contributed by atoms with Crippen LogP contribution in [0, 0.1) is 0 Å². The van der Waals surface area contributed by atoms with E-state index in [1.807, 2.05) is 20.8 Å². The largest absolute Gasteiger partial charge is 0.502 e. The topological polar surface area (TPSA) is 73.9 Å². The number of rotatable bonds is 10. The molecule has 0 aromatic rings. The molecule has 0 unspecified atom stereocenters. The van der Waals surface area contributed by atoms with Gasteiger partial charge in [-0.05, 0) is 27.8 Å². The number of nitrogens with one attached hydrogen (secondary N) is 1. The molecule has 0 bridgehead atoms. The van der Waals surface area contributed by atoms with Gasteiger partial charge in [0.1, 0.15) is 0 Å². The van der Waals surface area contributed by atoms with Crippen LogP contribution in [-0.2, 0) is 23.3 Å². The van der Waals surface area contributed by atoms with Crippen molar-refractivity contribution < 1.29 is 21.7 Å². The second kappa shape index (κ2) is 8.17. The van der Waals surface area contributed by atoms with Crippen LogP contribution < -0.4 is 4.72 Å². The quantitative estimate of drug-likeness (QED) is 0.595. The molecule has 17 heavy (non-hydrogen) atoms. The van der Waals surface area contributed by atoms with Gasteiger partial charge in [-0.25, -0.2) is 13.1 Å². The maximum Gasteiger partial charge on any atom is 0.502 e. The highest BCUT2D eigenvalue weighted by Crippen LogP contribution is 2.16. The highest BCUT2D eigenvalue weighted by molar-refractivity contribution is 7.89. The normalized spacial score (nSPS) is 12.9. The summed E-state index contributed by atoms with van der Waals surface area (Å²) >= 11 is 0. The minimum absolute atomic E-state index is 0.0459. The van der Waals surface area contributed by atoms with E-state index in [0.717, 1.165) is 0 Å². The van der Waals surface area contributed by atoms with Gasteiger partial charge in [-0.3, -0.25) is 0 Å². The summed E-state index contributed by atoms with van der Waals surface area (Å²) in [6, 6.07) is 0.270. The van der Waals surface area contributed by atoms with Gasteiger partial charge in [0, 0.05) is 25.9 Å². The fourth-order valence-electron chi connectivity index (χ4n) is 1.36. The van der Waals surface area contributed by atoms with Crippen LogP contribution >= 0.6 is 0 Å². The fraction of sp³-hybridized carbons (Fsp3) is 1.00. The number of hydrogen-bond acceptors (Lipinski definition) is 5. The van der Waals surface area contributed by atoms with Gasteiger partial charge in [-0.15, -0.1) is 0 Å². The molecule has 0 saturated heterocycles. The molecular weight excluding hydrogens is 262 g/mol. The third-order valence-corrected chi connectivity index (χ3v) is 6.85. The Bertz CT molecular complexity index is 279. The van der Waals surface area contributed by atoms with Crippen LogP contribution in [0.1, 0.15) is 20.8 Å². The number of sulfonamides is 1. The van der Waals surface area contributed by atoms with Crippen molar-refractivity contribution in [3.8, 4) is 0 Å². The molecule has 0 amide bonds. The van der Waals surface area contributed by atoms with Crippen LogP contribution in [0.15, 0.2) is 0 Å². The van der Waals surface area contributed by atoms with Gasteiger partial charge in [0.2, 0.25) is 10.0 Å². The Morgan fingerprint density at radius 1 is 1.00 bits per heavy atom. The third-order valence-electron chi connectivity index (χ3n) is 2.08. The van der Waals surface area contributed by atoms with Gasteiger partial charge < -0.3 is 13.3 Å². The molecule has 0 aliphatic rings. The highest BCUT2D eigenvalue weighted by atomic mass is 32.2. The van der Waals surface area contributed by atoms with Crippen molar-refractivity contribution in [3.63, 3.8) is 0 Å². The Morgan fingerprint density at radius 3 is 1.71 bits per heavy atom. The van der Waals surface area contributed by atoms with Crippen LogP contribution in [0.25, 0.3) is 0 Å². The molecule has 0 spiro atoms. The predicted octanol–water partition coefficient (Wildman–Crippen LogP) is 0.584. The second-order valence-electron chi connectivity index (χ2n) is 3.26. The molecule has 8 heteroatoms. The third kappa shape index (κ3) is 6.48. The van der Waals surface area contributed by atoms with Crippen molar-refractivity contribution in [1.82, 2.24) is 4.72 Å². The second-order valence-corrected chi connectivity index (χ2v) is 8.03. The smallest absolute Gasteiger partial charge is 0.374 e. The minimum Gasteiger partial charge on any atom is -0.374 e. The first-order valence-electron chi connectivity index (χ1n) is 5.78. The van der Waals surface area contributed by atoms with Gasteiger partial charge in [0.15, 0.2) is 0 Å². The van der Waals surface area contributed by atoms with E-state index in [4.69, 9.17) is 13.3 Å². The Balaban J connectivity index is 4.65. The molecule has 0 atom stereocenters. The van der Waals surface area contributed by atoms with E-state index in [9.17, 15) is 8.42 Å². The Kier molecular flexibility index (Phi) is 8.17. The molecule has 0 fully saturated rings. The zero-order chi connectivity index (χ0) is 13.4. The molecular formula is C9H23NO5SSi. The monoisotopic (exact) mass is 285 g/mol. The molecule has 0 radical (unpaired) electrons. The van der Waals surface area contributed by atoms with E-state index in [1.165, 1.54) is 7.05 Å². The molecule has 0 aliphatic heterocycles. The van der Waals surface area contributed by atoms with Crippen molar-refractivity contribution in [3.05, 3.63) is 0 Å². The average Bonchev–Trinajstić information content (AvgIpc) is 2.28. The molecule has 1 N–H and O–H groups in total. The summed E-state index contributed by atoms with van der Waals surface area (Å²) in [6.07, 6.45) is 0. The lowest BCUT2D eigenvalue weighted by atomic mass is 10.9. The van der Waals surface area contributed by atoms with E-state index in [-0.39, 0.29) is 11.8 Å². The zero-order valence-electron chi connectivity index (χ0n) is 11.0. The van der Waals surface area contributed by atoms with E-state index in [2.05, 4.69) is 4.72 Å². The summed E-state index contributed by atoms with van der Waals surface area (Å²) in [7, 11) is -4.71. The lowest BCUT2D eigenvalue weighted by Crippen LogP contribution is -2.47. The van der Waals surface area contributed by atoms with Gasteiger partial charge in [0.25, 0.3) is 0 Å². The lowest BCUT2D eigenvalue weighted by molar-refractivity contribution is 0.0727. The maximum atomic E-state index is 11.4. The van der Waals surface area contributed by atoms with Crippen LogP contribution in [0.3, 0.4) is 0 Å². The highest BCUT2D eigenvalue weighted by Gasteiger charge is 2.41. The van der Waals surface area contributed by atoms with Crippen molar-refractivity contribution >= 4 is 18.8 Å². The SMILES string of the molecule is CCO[Si](CCS(=O)(=O)NC)(OCC)OCC. The molecule has 0 aromatic heterocycles. The van der Waals surface area contributed by atoms with Gasteiger partial charge in [-0.1, -0.05) is 0 Å². The van der Waals surface area contributed by atoms with Crippen LogP contribution in [0.4, 0.5) is 0 Å². The fourth-order valence-corrected chi connectivity index (χ4v) is 5.64. The Morgan fingerprint density at radius 2 is 1.41 bits per heavy atom. The Hall–Kier alpha value is 0.00688. The first-order valence-corrected chi connectivity index (χ1v) is 9.36. The van der Waals surface area contributed by atoms with Crippen LogP contribution in [0.2, 0.25) is 6.04 Å². The first kappa shape index (κ1) is 17.0. The standard InChI is InChI=1S/C9H23NO5SSi/c1-5-13-17(14-6-2,15-7-3)9-8-16(11,12)10-4/h10H,5-9H2,1-4H3. The molecule has 0 saturated carbocycles. The summed E-state index contributed by atoms with van der Waals surface area (Å²) in [5.74, 6) is -0.0459. The minimum atomic E-state index is -3.26. The van der Waals surface area contributed by atoms with Crippen molar-refractivity contribution in [2.24, 2.45) is 0 Å². The van der Waals surface area contributed by atoms with Crippen LogP contribution in [0.5, 0.6) is 0 Å². The Labute approximate surface area is 105 Å². The summed E-state index contributed by atoms with van der Waals surface area (Å²) < 4.78 is 41.7. The summed E-state index contributed by atoms with van der Waals surface area (Å²) in [6.45, 7) is 6.87. The summed E-state index contributed by atoms with van der Waals surface area (Å²) in [5, 5.41) is 0. The number of hydrogen-bond donors (Lipinski definition) is 1. The molecule has 0 rings (SSSR count). The average molecular weight is 285 g/mol. The van der Waals surface area contributed by atoms with Gasteiger partial charge in [-0.2, -0.15) is 0 Å². The summed E-state index contributed by atoms with van der Waals surface area (Å²) in [4.78, 5) is 0. The lowest BCUT2D eigenvalue weighted by Gasteiger charge is -2.28. The van der Waals surface area contributed by atoms with Gasteiger partial charge >= 0.3 is 8.80 Å². The van der Waals surface area contributed by atoms with E-state index < -0.39 is 18.8 Å². The molecule has 0 heterocycles. The van der Waals surface area contributed by atoms with Crippen molar-refractivity contribution in [2.45, 2.75) is 26.8 Å². The van der Waals surface area contributed by atoms with E-state index in [0.29, 0.717) is 19.8 Å². The predicted molar refractivity (Wildman–Crippen MR) is 68.3 cm³/mol. The zero-order valence-corrected chi connectivity index (χ0v) is 12.8.